The second-order valence-corrected chi connectivity index (χ2v) is 4.64. The highest BCUT2D eigenvalue weighted by molar-refractivity contribution is 7.15. The summed E-state index contributed by atoms with van der Waals surface area (Å²) in [5.74, 6) is -0.987. The summed E-state index contributed by atoms with van der Waals surface area (Å²) < 4.78 is 5.25. The van der Waals surface area contributed by atoms with Crippen LogP contribution in [0.2, 0.25) is 0 Å². The maximum atomic E-state index is 10.8. The molecule has 0 aliphatic rings. The van der Waals surface area contributed by atoms with Gasteiger partial charge in [0.2, 0.25) is 0 Å². The molecule has 6 heteroatoms. The van der Waals surface area contributed by atoms with E-state index in [-0.39, 0.29) is 11.7 Å². The number of aromatic nitrogens is 1. The first-order valence-corrected chi connectivity index (χ1v) is 5.91. The molecule has 0 fully saturated rings. The fourth-order valence-corrected chi connectivity index (χ4v) is 2.12. The lowest BCUT2D eigenvalue weighted by molar-refractivity contribution is 0.0690. The fraction of sp³-hybridized carbons (Fsp3) is 0.600. The van der Waals surface area contributed by atoms with Crippen molar-refractivity contribution in [2.75, 3.05) is 18.5 Å². The summed E-state index contributed by atoms with van der Waals surface area (Å²) in [6.45, 7) is 6.90. The highest BCUT2D eigenvalue weighted by Gasteiger charge is 2.14. The number of nitrogens with zero attached hydrogens (tertiary/aromatic N) is 1. The van der Waals surface area contributed by atoms with E-state index in [0.29, 0.717) is 23.2 Å². The molecular weight excluding hydrogens is 228 g/mol. The smallest absolute Gasteiger partial charge is 0.355 e. The van der Waals surface area contributed by atoms with Crippen LogP contribution in [0.4, 0.5) is 5.13 Å². The molecule has 0 saturated carbocycles. The number of thiazole rings is 1. The van der Waals surface area contributed by atoms with Crippen molar-refractivity contribution in [2.45, 2.75) is 26.8 Å². The summed E-state index contributed by atoms with van der Waals surface area (Å²) in [7, 11) is 0. The number of rotatable bonds is 6. The quantitative estimate of drug-likeness (QED) is 0.800. The van der Waals surface area contributed by atoms with Crippen molar-refractivity contribution in [2.24, 2.45) is 0 Å². The van der Waals surface area contributed by atoms with E-state index < -0.39 is 5.97 Å². The molecule has 1 rings (SSSR count). The zero-order valence-electron chi connectivity index (χ0n) is 9.61. The number of aromatic carboxylic acids is 1. The number of nitrogens with one attached hydrogen (secondary N) is 1. The van der Waals surface area contributed by atoms with Gasteiger partial charge in [-0.05, 0) is 20.8 Å². The van der Waals surface area contributed by atoms with Gasteiger partial charge in [0.1, 0.15) is 0 Å². The van der Waals surface area contributed by atoms with Gasteiger partial charge >= 0.3 is 5.97 Å². The third kappa shape index (κ3) is 3.46. The predicted octanol–water partition coefficient (Wildman–Crippen LogP) is 1.99. The van der Waals surface area contributed by atoms with E-state index in [1.807, 2.05) is 13.8 Å². The van der Waals surface area contributed by atoms with Gasteiger partial charge in [-0.15, -0.1) is 11.3 Å². The van der Waals surface area contributed by atoms with Crippen LogP contribution in [0.3, 0.4) is 0 Å². The average Bonchev–Trinajstić information content (AvgIpc) is 2.56. The van der Waals surface area contributed by atoms with Crippen LogP contribution in [0.1, 0.15) is 29.2 Å². The molecule has 1 atom stereocenters. The first kappa shape index (κ1) is 12.9. The van der Waals surface area contributed by atoms with Crippen LogP contribution in [0.5, 0.6) is 0 Å². The summed E-state index contributed by atoms with van der Waals surface area (Å²) in [5, 5.41) is 12.6. The number of carbonyl (C=O) groups is 1. The third-order valence-electron chi connectivity index (χ3n) is 1.94. The Balaban J connectivity index is 2.60. The molecule has 16 heavy (non-hydrogen) atoms. The molecule has 0 aliphatic heterocycles. The minimum Gasteiger partial charge on any atom is -0.476 e. The normalized spacial score (nSPS) is 12.4. The van der Waals surface area contributed by atoms with Gasteiger partial charge in [0.15, 0.2) is 10.8 Å². The number of anilines is 1. The molecular formula is C10H16N2O3S. The zero-order valence-corrected chi connectivity index (χ0v) is 10.4. The molecule has 0 bridgehead atoms. The lowest BCUT2D eigenvalue weighted by Crippen LogP contribution is -2.21. The molecule has 1 heterocycles. The SMILES string of the molecule is CCOCC(C)Nc1nc(C(=O)O)c(C)s1. The van der Waals surface area contributed by atoms with Crippen LogP contribution >= 0.6 is 11.3 Å². The van der Waals surface area contributed by atoms with Crippen LogP contribution < -0.4 is 5.32 Å². The van der Waals surface area contributed by atoms with Gasteiger partial charge in [0, 0.05) is 17.5 Å². The van der Waals surface area contributed by atoms with E-state index in [2.05, 4.69) is 10.3 Å². The second-order valence-electron chi connectivity index (χ2n) is 3.43. The molecule has 1 aromatic rings. The number of hydrogen-bond donors (Lipinski definition) is 2. The Morgan fingerprint density at radius 1 is 1.69 bits per heavy atom. The second kappa shape index (κ2) is 5.81. The standard InChI is InChI=1S/C10H16N2O3S/c1-4-15-5-6(2)11-10-12-8(9(13)14)7(3)16-10/h6H,4-5H2,1-3H3,(H,11,12)(H,13,14). The summed E-state index contributed by atoms with van der Waals surface area (Å²) in [6, 6.07) is 0.118. The van der Waals surface area contributed by atoms with Gasteiger partial charge in [-0.25, -0.2) is 9.78 Å². The van der Waals surface area contributed by atoms with E-state index in [1.165, 1.54) is 11.3 Å². The Morgan fingerprint density at radius 2 is 2.38 bits per heavy atom. The molecule has 1 unspecified atom stereocenters. The monoisotopic (exact) mass is 244 g/mol. The van der Waals surface area contributed by atoms with Crippen molar-refractivity contribution in [3.63, 3.8) is 0 Å². The van der Waals surface area contributed by atoms with E-state index in [0.717, 1.165) is 0 Å². The molecule has 1 aromatic heterocycles. The van der Waals surface area contributed by atoms with E-state index >= 15 is 0 Å². The van der Waals surface area contributed by atoms with Crippen LogP contribution in [-0.2, 0) is 4.74 Å². The molecule has 0 radical (unpaired) electrons. The van der Waals surface area contributed by atoms with Gasteiger partial charge < -0.3 is 15.2 Å². The third-order valence-corrected chi connectivity index (χ3v) is 2.84. The maximum absolute atomic E-state index is 10.8. The zero-order chi connectivity index (χ0) is 12.1. The molecule has 5 nitrogen and oxygen atoms in total. The minimum atomic E-state index is -0.987. The first-order chi connectivity index (χ1) is 7.54. The molecule has 0 aliphatic carbocycles. The van der Waals surface area contributed by atoms with Crippen molar-refractivity contribution in [1.29, 1.82) is 0 Å². The van der Waals surface area contributed by atoms with Crippen LogP contribution in [0.25, 0.3) is 0 Å². The molecule has 0 amide bonds. The number of carboxylic acid groups (broad SMARTS) is 1. The molecule has 0 spiro atoms. The lowest BCUT2D eigenvalue weighted by atomic mass is 10.4. The first-order valence-electron chi connectivity index (χ1n) is 5.09. The Morgan fingerprint density at radius 3 is 2.88 bits per heavy atom. The largest absolute Gasteiger partial charge is 0.476 e. The van der Waals surface area contributed by atoms with Gasteiger partial charge in [-0.2, -0.15) is 0 Å². The van der Waals surface area contributed by atoms with Gasteiger partial charge in [0.25, 0.3) is 0 Å². The van der Waals surface area contributed by atoms with Crippen molar-refractivity contribution >= 4 is 22.4 Å². The van der Waals surface area contributed by atoms with Gasteiger partial charge in [0.05, 0.1) is 6.61 Å². The summed E-state index contributed by atoms with van der Waals surface area (Å²) in [5.41, 5.74) is 0.121. The van der Waals surface area contributed by atoms with Crippen LogP contribution in [-0.4, -0.2) is 35.3 Å². The van der Waals surface area contributed by atoms with Gasteiger partial charge in [-0.1, -0.05) is 0 Å². The number of hydrogen-bond acceptors (Lipinski definition) is 5. The Hall–Kier alpha value is -1.14. The van der Waals surface area contributed by atoms with E-state index in [1.54, 1.807) is 6.92 Å². The Labute approximate surface area is 98.5 Å². The predicted molar refractivity (Wildman–Crippen MR) is 63.4 cm³/mol. The number of ether oxygens (including phenoxy) is 1. The Kier molecular flexibility index (Phi) is 4.70. The minimum absolute atomic E-state index is 0.118. The van der Waals surface area contributed by atoms with Crippen LogP contribution in [0.15, 0.2) is 0 Å². The topological polar surface area (TPSA) is 71.5 Å². The highest BCUT2D eigenvalue weighted by atomic mass is 32.1. The van der Waals surface area contributed by atoms with Crippen molar-refractivity contribution in [1.82, 2.24) is 4.98 Å². The molecule has 0 aromatic carbocycles. The Bertz CT molecular complexity index is 365. The van der Waals surface area contributed by atoms with Crippen molar-refractivity contribution in [3.05, 3.63) is 10.6 Å². The van der Waals surface area contributed by atoms with E-state index in [9.17, 15) is 4.79 Å². The highest BCUT2D eigenvalue weighted by Crippen LogP contribution is 2.22. The average molecular weight is 244 g/mol. The molecule has 2 N–H and O–H groups in total. The van der Waals surface area contributed by atoms with Gasteiger partial charge in [-0.3, -0.25) is 0 Å². The summed E-state index contributed by atoms with van der Waals surface area (Å²) >= 11 is 1.35. The fourth-order valence-electron chi connectivity index (χ4n) is 1.20. The van der Waals surface area contributed by atoms with Crippen LogP contribution in [0, 0.1) is 6.92 Å². The number of carboxylic acids is 1. The van der Waals surface area contributed by atoms with E-state index in [4.69, 9.17) is 9.84 Å². The summed E-state index contributed by atoms with van der Waals surface area (Å²) in [6.07, 6.45) is 0. The lowest BCUT2D eigenvalue weighted by Gasteiger charge is -2.11. The summed E-state index contributed by atoms with van der Waals surface area (Å²) in [4.78, 5) is 15.5. The maximum Gasteiger partial charge on any atom is 0.355 e. The van der Waals surface area contributed by atoms with Crippen molar-refractivity contribution < 1.29 is 14.6 Å². The number of aryl methyl sites for hydroxylation is 1. The molecule has 0 saturated heterocycles. The van der Waals surface area contributed by atoms with Crippen molar-refractivity contribution in [3.8, 4) is 0 Å². The molecule has 90 valence electrons.